The van der Waals surface area contributed by atoms with Crippen LogP contribution in [0.2, 0.25) is 0 Å². The minimum Gasteiger partial charge on any atom is -0.348 e. The highest BCUT2D eigenvalue weighted by Gasteiger charge is 2.28. The smallest absolute Gasteiger partial charge is 0.251 e. The van der Waals surface area contributed by atoms with Crippen molar-refractivity contribution in [3.8, 4) is 0 Å². The standard InChI is InChI=1S/C28H28N2O2/c1-21-15-17-23(18-16-21)26-14-8-13-25(29-28(32)24-11-6-3-7-12-24)19-27(31)30(26)20-22-9-4-2-5-10-22/h2-12,14-18,25-26H,13,19-20H2,1H3,(H,29,32)/b14-8-/t25-,26+/m0/s1. The van der Waals surface area contributed by atoms with Gasteiger partial charge in [0, 0.05) is 24.6 Å². The summed E-state index contributed by atoms with van der Waals surface area (Å²) in [6, 6.07) is 27.1. The molecule has 3 aromatic rings. The van der Waals surface area contributed by atoms with Crippen LogP contribution < -0.4 is 5.32 Å². The molecular weight excluding hydrogens is 396 g/mol. The van der Waals surface area contributed by atoms with Crippen LogP contribution in [-0.4, -0.2) is 22.8 Å². The van der Waals surface area contributed by atoms with E-state index in [1.807, 2.05) is 53.4 Å². The first-order valence-electron chi connectivity index (χ1n) is 11.0. The lowest BCUT2D eigenvalue weighted by atomic mass is 9.97. The summed E-state index contributed by atoms with van der Waals surface area (Å²) in [4.78, 5) is 28.1. The molecule has 3 aromatic carbocycles. The van der Waals surface area contributed by atoms with E-state index in [-0.39, 0.29) is 30.3 Å². The number of rotatable bonds is 5. The first-order valence-corrected chi connectivity index (χ1v) is 11.0. The molecule has 0 bridgehead atoms. The van der Waals surface area contributed by atoms with Gasteiger partial charge in [0.25, 0.3) is 5.91 Å². The van der Waals surface area contributed by atoms with Crippen molar-refractivity contribution in [1.29, 1.82) is 0 Å². The lowest BCUT2D eigenvalue weighted by molar-refractivity contribution is -0.134. The van der Waals surface area contributed by atoms with Gasteiger partial charge in [0.15, 0.2) is 0 Å². The molecule has 0 saturated carbocycles. The fourth-order valence-electron chi connectivity index (χ4n) is 4.03. The molecule has 2 atom stereocenters. The summed E-state index contributed by atoms with van der Waals surface area (Å²) in [5.41, 5.74) is 3.96. The monoisotopic (exact) mass is 424 g/mol. The summed E-state index contributed by atoms with van der Waals surface area (Å²) in [7, 11) is 0. The Bertz CT molecular complexity index is 1080. The Labute approximate surface area is 189 Å². The second-order valence-corrected chi connectivity index (χ2v) is 8.27. The number of nitrogens with zero attached hydrogens (tertiary/aromatic N) is 1. The molecule has 1 aliphatic rings. The van der Waals surface area contributed by atoms with E-state index in [1.165, 1.54) is 5.56 Å². The van der Waals surface area contributed by atoms with Gasteiger partial charge in [-0.3, -0.25) is 9.59 Å². The highest BCUT2D eigenvalue weighted by atomic mass is 16.2. The van der Waals surface area contributed by atoms with Crippen molar-refractivity contribution in [2.24, 2.45) is 0 Å². The third kappa shape index (κ3) is 5.33. The van der Waals surface area contributed by atoms with Crippen LogP contribution in [0.1, 0.15) is 45.9 Å². The Hall–Kier alpha value is -3.66. The number of carbonyl (C=O) groups is 2. The van der Waals surface area contributed by atoms with Crippen LogP contribution in [0.25, 0.3) is 0 Å². The van der Waals surface area contributed by atoms with Crippen molar-refractivity contribution in [1.82, 2.24) is 10.2 Å². The molecule has 1 aliphatic heterocycles. The van der Waals surface area contributed by atoms with Gasteiger partial charge in [0.2, 0.25) is 5.91 Å². The van der Waals surface area contributed by atoms with E-state index in [2.05, 4.69) is 48.7 Å². The largest absolute Gasteiger partial charge is 0.348 e. The summed E-state index contributed by atoms with van der Waals surface area (Å²) < 4.78 is 0. The summed E-state index contributed by atoms with van der Waals surface area (Å²) >= 11 is 0. The lowest BCUT2D eigenvalue weighted by Crippen LogP contribution is -2.42. The predicted octanol–water partition coefficient (Wildman–Crippen LogP) is 5.21. The Morgan fingerprint density at radius 1 is 0.938 bits per heavy atom. The molecule has 0 spiro atoms. The Kier molecular flexibility index (Phi) is 6.81. The quantitative estimate of drug-likeness (QED) is 0.572. The van der Waals surface area contributed by atoms with Crippen molar-refractivity contribution in [2.75, 3.05) is 0 Å². The SMILES string of the molecule is Cc1ccc([C@H]2/C=C\C[C@H](NC(=O)c3ccccc3)CC(=O)N2Cc2ccccc2)cc1. The van der Waals surface area contributed by atoms with Crippen LogP contribution in [0.5, 0.6) is 0 Å². The molecule has 4 rings (SSSR count). The zero-order valence-corrected chi connectivity index (χ0v) is 18.3. The van der Waals surface area contributed by atoms with Gasteiger partial charge >= 0.3 is 0 Å². The molecule has 0 radical (unpaired) electrons. The fourth-order valence-corrected chi connectivity index (χ4v) is 4.03. The lowest BCUT2D eigenvalue weighted by Gasteiger charge is -2.33. The predicted molar refractivity (Wildman–Crippen MR) is 127 cm³/mol. The van der Waals surface area contributed by atoms with Crippen LogP contribution in [-0.2, 0) is 11.3 Å². The third-order valence-corrected chi connectivity index (χ3v) is 5.80. The number of benzene rings is 3. The number of hydrogen-bond donors (Lipinski definition) is 1. The van der Waals surface area contributed by atoms with Crippen LogP contribution in [0.4, 0.5) is 0 Å². The van der Waals surface area contributed by atoms with E-state index >= 15 is 0 Å². The molecule has 4 nitrogen and oxygen atoms in total. The first-order chi connectivity index (χ1) is 15.6. The van der Waals surface area contributed by atoms with Crippen LogP contribution in [0.15, 0.2) is 97.1 Å². The molecule has 2 amide bonds. The van der Waals surface area contributed by atoms with Gasteiger partial charge in [-0.2, -0.15) is 0 Å². The number of hydrogen-bond acceptors (Lipinski definition) is 2. The van der Waals surface area contributed by atoms with E-state index in [9.17, 15) is 9.59 Å². The van der Waals surface area contributed by atoms with Crippen LogP contribution in [0.3, 0.4) is 0 Å². The molecule has 162 valence electrons. The second-order valence-electron chi connectivity index (χ2n) is 8.27. The fraction of sp³-hybridized carbons (Fsp3) is 0.214. The molecule has 0 fully saturated rings. The highest BCUT2D eigenvalue weighted by Crippen LogP contribution is 2.28. The second kappa shape index (κ2) is 10.1. The number of nitrogens with one attached hydrogen (secondary N) is 1. The molecule has 0 saturated heterocycles. The highest BCUT2D eigenvalue weighted by molar-refractivity contribution is 5.94. The summed E-state index contributed by atoms with van der Waals surface area (Å²) in [6.45, 7) is 2.58. The van der Waals surface area contributed by atoms with Crippen LogP contribution in [0, 0.1) is 6.92 Å². The molecule has 1 N–H and O–H groups in total. The Balaban J connectivity index is 1.59. The molecule has 0 aromatic heterocycles. The molecule has 1 heterocycles. The Morgan fingerprint density at radius 2 is 1.59 bits per heavy atom. The van der Waals surface area contributed by atoms with E-state index < -0.39 is 0 Å². The minimum absolute atomic E-state index is 0.0298. The summed E-state index contributed by atoms with van der Waals surface area (Å²) in [6.07, 6.45) is 5.06. The van der Waals surface area contributed by atoms with Crippen molar-refractivity contribution < 1.29 is 9.59 Å². The van der Waals surface area contributed by atoms with Crippen LogP contribution >= 0.6 is 0 Å². The average molecular weight is 425 g/mol. The van der Waals surface area contributed by atoms with E-state index in [4.69, 9.17) is 0 Å². The van der Waals surface area contributed by atoms with Gasteiger partial charge in [-0.05, 0) is 36.6 Å². The van der Waals surface area contributed by atoms with Gasteiger partial charge in [-0.15, -0.1) is 0 Å². The van der Waals surface area contributed by atoms with Gasteiger partial charge < -0.3 is 10.2 Å². The molecule has 32 heavy (non-hydrogen) atoms. The number of carbonyl (C=O) groups excluding carboxylic acids is 2. The van der Waals surface area contributed by atoms with Crippen molar-refractivity contribution in [3.63, 3.8) is 0 Å². The van der Waals surface area contributed by atoms with Gasteiger partial charge in [0.1, 0.15) is 0 Å². The maximum atomic E-state index is 13.5. The van der Waals surface area contributed by atoms with Gasteiger partial charge in [-0.1, -0.05) is 90.5 Å². The van der Waals surface area contributed by atoms with E-state index in [0.717, 1.165) is 11.1 Å². The average Bonchev–Trinajstić information content (AvgIpc) is 2.81. The Morgan fingerprint density at radius 3 is 2.28 bits per heavy atom. The topological polar surface area (TPSA) is 49.4 Å². The minimum atomic E-state index is -0.247. The molecule has 4 heteroatoms. The maximum absolute atomic E-state index is 13.5. The van der Waals surface area contributed by atoms with Crippen molar-refractivity contribution >= 4 is 11.8 Å². The van der Waals surface area contributed by atoms with Crippen molar-refractivity contribution in [2.45, 2.75) is 38.4 Å². The molecular formula is C28H28N2O2. The van der Waals surface area contributed by atoms with Crippen molar-refractivity contribution in [3.05, 3.63) is 119 Å². The van der Waals surface area contributed by atoms with Gasteiger partial charge in [0.05, 0.1) is 6.04 Å². The molecule has 0 aliphatic carbocycles. The maximum Gasteiger partial charge on any atom is 0.251 e. The number of aryl methyl sites for hydroxylation is 1. The zero-order chi connectivity index (χ0) is 22.3. The first kappa shape index (κ1) is 21.6. The molecule has 0 unspecified atom stereocenters. The number of amides is 2. The van der Waals surface area contributed by atoms with Gasteiger partial charge in [-0.25, -0.2) is 0 Å². The zero-order valence-electron chi connectivity index (χ0n) is 18.3. The van der Waals surface area contributed by atoms with E-state index in [0.29, 0.717) is 18.5 Å². The summed E-state index contributed by atoms with van der Waals surface area (Å²) in [5.74, 6) is -0.121. The van der Waals surface area contributed by atoms with E-state index in [1.54, 1.807) is 12.1 Å². The summed E-state index contributed by atoms with van der Waals surface area (Å²) in [5, 5.41) is 3.04. The normalized spacial score (nSPS) is 19.7. The third-order valence-electron chi connectivity index (χ3n) is 5.80.